The highest BCUT2D eigenvalue weighted by atomic mass is 16.3. The molecule has 1 aromatic rings. The third-order valence-corrected chi connectivity index (χ3v) is 5.32. The van der Waals surface area contributed by atoms with Crippen molar-refractivity contribution < 1.29 is 5.11 Å². The van der Waals surface area contributed by atoms with Crippen LogP contribution in [-0.4, -0.2) is 29.6 Å². The SMILES string of the molecule is CCCC[C@@]12CCN(C)[C@@H](Cc3ccc(O)cc31)C2. The summed E-state index contributed by atoms with van der Waals surface area (Å²) in [5.41, 5.74) is 3.25. The topological polar surface area (TPSA) is 23.5 Å². The highest BCUT2D eigenvalue weighted by Gasteiger charge is 2.44. The van der Waals surface area contributed by atoms with Crippen LogP contribution in [0.5, 0.6) is 5.75 Å². The van der Waals surface area contributed by atoms with Gasteiger partial charge in [-0.25, -0.2) is 0 Å². The van der Waals surface area contributed by atoms with Gasteiger partial charge in [0.1, 0.15) is 5.75 Å². The van der Waals surface area contributed by atoms with Crippen LogP contribution in [0.15, 0.2) is 18.2 Å². The van der Waals surface area contributed by atoms with Crippen molar-refractivity contribution in [1.82, 2.24) is 4.90 Å². The minimum absolute atomic E-state index is 0.333. The molecule has 2 aliphatic rings. The molecule has 0 unspecified atom stereocenters. The highest BCUT2D eigenvalue weighted by Crippen LogP contribution is 2.48. The van der Waals surface area contributed by atoms with E-state index in [2.05, 4.69) is 24.9 Å². The lowest BCUT2D eigenvalue weighted by atomic mass is 9.62. The van der Waals surface area contributed by atoms with Gasteiger partial charge < -0.3 is 10.0 Å². The van der Waals surface area contributed by atoms with E-state index in [1.54, 1.807) is 0 Å². The molecular weight excluding hydrogens is 234 g/mol. The number of hydrogen-bond donors (Lipinski definition) is 1. The fourth-order valence-electron chi connectivity index (χ4n) is 4.12. The molecule has 104 valence electrons. The lowest BCUT2D eigenvalue weighted by Gasteiger charge is -2.50. The maximum absolute atomic E-state index is 9.87. The molecule has 1 aromatic carbocycles. The molecule has 0 radical (unpaired) electrons. The zero-order valence-electron chi connectivity index (χ0n) is 12.2. The second-order valence-electron chi connectivity index (χ2n) is 6.52. The van der Waals surface area contributed by atoms with Crippen LogP contribution in [-0.2, 0) is 11.8 Å². The number of nitrogens with zero attached hydrogens (tertiary/aromatic N) is 1. The maximum atomic E-state index is 9.87. The number of hydrogen-bond acceptors (Lipinski definition) is 2. The lowest BCUT2D eigenvalue weighted by molar-refractivity contribution is 0.0963. The fourth-order valence-corrected chi connectivity index (χ4v) is 4.12. The Morgan fingerprint density at radius 2 is 2.26 bits per heavy atom. The van der Waals surface area contributed by atoms with Gasteiger partial charge >= 0.3 is 0 Å². The molecule has 2 atom stereocenters. The molecule has 0 spiro atoms. The Bertz CT molecular complexity index is 466. The summed E-state index contributed by atoms with van der Waals surface area (Å²) in [6.45, 7) is 3.47. The summed E-state index contributed by atoms with van der Waals surface area (Å²) in [6, 6.07) is 6.75. The monoisotopic (exact) mass is 259 g/mol. The predicted octanol–water partition coefficient (Wildman–Crippen LogP) is 3.47. The first kappa shape index (κ1) is 13.0. The number of likely N-dealkylation sites (N-methyl/N-ethyl adjacent to an activating group) is 1. The Hall–Kier alpha value is -1.02. The number of unbranched alkanes of at least 4 members (excludes halogenated alkanes) is 1. The van der Waals surface area contributed by atoms with Crippen LogP contribution in [0.2, 0.25) is 0 Å². The molecule has 2 nitrogen and oxygen atoms in total. The second kappa shape index (κ2) is 4.82. The third-order valence-electron chi connectivity index (χ3n) is 5.32. The van der Waals surface area contributed by atoms with Crippen LogP contribution in [0.25, 0.3) is 0 Å². The van der Waals surface area contributed by atoms with Crippen LogP contribution in [0.4, 0.5) is 0 Å². The molecule has 0 aromatic heterocycles. The summed E-state index contributed by atoms with van der Waals surface area (Å²) in [6.07, 6.45) is 7.52. The van der Waals surface area contributed by atoms with E-state index < -0.39 is 0 Å². The van der Waals surface area contributed by atoms with Crippen molar-refractivity contribution in [3.8, 4) is 5.75 Å². The molecule has 2 bridgehead atoms. The Morgan fingerprint density at radius 3 is 3.05 bits per heavy atom. The molecule has 1 aliphatic heterocycles. The molecule has 0 amide bonds. The number of rotatable bonds is 3. The molecule has 1 heterocycles. The van der Waals surface area contributed by atoms with E-state index >= 15 is 0 Å². The van der Waals surface area contributed by atoms with Gasteiger partial charge in [0, 0.05) is 6.04 Å². The Kier molecular flexibility index (Phi) is 3.30. The van der Waals surface area contributed by atoms with Gasteiger partial charge in [-0.1, -0.05) is 25.8 Å². The molecular formula is C17H25NO. The first-order chi connectivity index (χ1) is 9.14. The smallest absolute Gasteiger partial charge is 0.115 e. The van der Waals surface area contributed by atoms with Gasteiger partial charge in [-0.3, -0.25) is 0 Å². The predicted molar refractivity (Wildman–Crippen MR) is 78.7 cm³/mol. The molecule has 1 N–H and O–H groups in total. The van der Waals surface area contributed by atoms with Crippen LogP contribution in [0.1, 0.15) is 50.2 Å². The van der Waals surface area contributed by atoms with E-state index in [0.29, 0.717) is 17.2 Å². The van der Waals surface area contributed by atoms with Crippen molar-refractivity contribution in [3.05, 3.63) is 29.3 Å². The van der Waals surface area contributed by atoms with Gasteiger partial charge in [0.15, 0.2) is 0 Å². The molecule has 1 aliphatic carbocycles. The van der Waals surface area contributed by atoms with E-state index in [9.17, 15) is 5.11 Å². The molecule has 2 heteroatoms. The van der Waals surface area contributed by atoms with Crippen molar-refractivity contribution >= 4 is 0 Å². The Labute approximate surface area is 116 Å². The largest absolute Gasteiger partial charge is 0.508 e. The van der Waals surface area contributed by atoms with Crippen molar-refractivity contribution in [1.29, 1.82) is 0 Å². The van der Waals surface area contributed by atoms with Gasteiger partial charge in [0.2, 0.25) is 0 Å². The lowest BCUT2D eigenvalue weighted by Crippen LogP contribution is -2.51. The normalized spacial score (nSPS) is 30.1. The van der Waals surface area contributed by atoms with Gasteiger partial charge in [-0.2, -0.15) is 0 Å². The highest BCUT2D eigenvalue weighted by molar-refractivity contribution is 5.43. The molecule has 1 fully saturated rings. The number of piperidine rings is 1. The number of benzene rings is 1. The Morgan fingerprint density at radius 1 is 1.42 bits per heavy atom. The number of likely N-dealkylation sites (tertiary alicyclic amines) is 1. The minimum Gasteiger partial charge on any atom is -0.508 e. The molecule has 0 saturated carbocycles. The average Bonchev–Trinajstić information content (AvgIpc) is 2.42. The van der Waals surface area contributed by atoms with Crippen LogP contribution in [0.3, 0.4) is 0 Å². The van der Waals surface area contributed by atoms with Crippen LogP contribution >= 0.6 is 0 Å². The molecule has 1 saturated heterocycles. The quantitative estimate of drug-likeness (QED) is 0.898. The van der Waals surface area contributed by atoms with E-state index in [1.807, 2.05) is 12.1 Å². The first-order valence-corrected chi connectivity index (χ1v) is 7.67. The average molecular weight is 259 g/mol. The van der Waals surface area contributed by atoms with E-state index in [4.69, 9.17) is 0 Å². The zero-order chi connectivity index (χ0) is 13.5. The van der Waals surface area contributed by atoms with E-state index in [1.165, 1.54) is 49.8 Å². The summed E-state index contributed by atoms with van der Waals surface area (Å²) in [5.74, 6) is 0.437. The standard InChI is InChI=1S/C17H25NO/c1-3-4-7-17-8-9-18(2)14(12-17)10-13-5-6-15(19)11-16(13)17/h5-6,11,14,19H,3-4,7-10,12H2,1-2H3/t14-,17-/m0/s1. The Balaban J connectivity index is 2.03. The van der Waals surface area contributed by atoms with Gasteiger partial charge in [-0.15, -0.1) is 0 Å². The van der Waals surface area contributed by atoms with Crippen LogP contribution < -0.4 is 0 Å². The van der Waals surface area contributed by atoms with Gasteiger partial charge in [-0.05, 0) is 68.0 Å². The molecule has 3 rings (SSSR count). The summed E-state index contributed by atoms with van der Waals surface area (Å²) < 4.78 is 0. The third kappa shape index (κ3) is 2.16. The molecule has 19 heavy (non-hydrogen) atoms. The number of fused-ring (bicyclic) bond motifs is 4. The summed E-state index contributed by atoms with van der Waals surface area (Å²) in [4.78, 5) is 2.53. The number of phenols is 1. The van der Waals surface area contributed by atoms with Gasteiger partial charge in [0.05, 0.1) is 0 Å². The summed E-state index contributed by atoms with van der Waals surface area (Å²) in [5, 5.41) is 9.87. The summed E-state index contributed by atoms with van der Waals surface area (Å²) >= 11 is 0. The van der Waals surface area contributed by atoms with Crippen molar-refractivity contribution in [2.24, 2.45) is 0 Å². The minimum atomic E-state index is 0.333. The zero-order valence-corrected chi connectivity index (χ0v) is 12.2. The van der Waals surface area contributed by atoms with E-state index in [-0.39, 0.29) is 0 Å². The fraction of sp³-hybridized carbons (Fsp3) is 0.647. The number of phenolic OH excluding ortho intramolecular Hbond substituents is 1. The number of aromatic hydroxyl groups is 1. The van der Waals surface area contributed by atoms with Crippen molar-refractivity contribution in [2.45, 2.75) is 56.9 Å². The summed E-state index contributed by atoms with van der Waals surface area (Å²) in [7, 11) is 2.26. The second-order valence-corrected chi connectivity index (χ2v) is 6.52. The van der Waals surface area contributed by atoms with Crippen molar-refractivity contribution in [3.63, 3.8) is 0 Å². The van der Waals surface area contributed by atoms with Crippen LogP contribution in [0, 0.1) is 0 Å². The van der Waals surface area contributed by atoms with E-state index in [0.717, 1.165) is 6.42 Å². The van der Waals surface area contributed by atoms with Crippen molar-refractivity contribution in [2.75, 3.05) is 13.6 Å². The first-order valence-electron chi connectivity index (χ1n) is 7.67. The van der Waals surface area contributed by atoms with Gasteiger partial charge in [0.25, 0.3) is 0 Å². The maximum Gasteiger partial charge on any atom is 0.115 e.